The molecule has 1 aliphatic heterocycles. The molecule has 4 aromatic rings. The molecule has 0 atom stereocenters. The van der Waals surface area contributed by atoms with Crippen LogP contribution in [0.1, 0.15) is 39.9 Å². The van der Waals surface area contributed by atoms with Crippen molar-refractivity contribution in [3.8, 4) is 23.0 Å². The third kappa shape index (κ3) is 7.56. The lowest BCUT2D eigenvalue weighted by Gasteiger charge is -2.30. The van der Waals surface area contributed by atoms with Gasteiger partial charge in [-0.2, -0.15) is 0 Å². The highest BCUT2D eigenvalue weighted by Crippen LogP contribution is 2.26. The van der Waals surface area contributed by atoms with Crippen LogP contribution in [0.5, 0.6) is 0 Å². The second-order valence-electron chi connectivity index (χ2n) is 9.95. The van der Waals surface area contributed by atoms with Crippen LogP contribution in [0, 0.1) is 11.8 Å². The normalized spacial score (nSPS) is 13.1. The summed E-state index contributed by atoms with van der Waals surface area (Å²) in [6.45, 7) is 1.86. The molecule has 2 aromatic carbocycles. The van der Waals surface area contributed by atoms with E-state index in [4.69, 9.17) is 5.73 Å². The molecular formula is C33H32N6O2. The number of carbonyl (C=O) groups excluding carboxylic acids is 2. The van der Waals surface area contributed by atoms with Crippen molar-refractivity contribution in [3.63, 3.8) is 0 Å². The first kappa shape index (κ1) is 27.6. The van der Waals surface area contributed by atoms with E-state index in [0.29, 0.717) is 37.3 Å². The van der Waals surface area contributed by atoms with Gasteiger partial charge in [-0.15, -0.1) is 0 Å². The number of pyridine rings is 2. The third-order valence-corrected chi connectivity index (χ3v) is 6.99. The SMILES string of the molecule is NC1CCN(C(=O)c2ccc(C#Cc3cc(NC(=O)NCCc4cccnc4)ccc3-c3ccncc3)cc2)CC1. The Hall–Kier alpha value is -5.00. The molecule has 0 unspecified atom stereocenters. The lowest BCUT2D eigenvalue weighted by Crippen LogP contribution is -2.42. The largest absolute Gasteiger partial charge is 0.339 e. The Bertz CT molecular complexity index is 1540. The fourth-order valence-corrected chi connectivity index (χ4v) is 4.67. The lowest BCUT2D eigenvalue weighted by atomic mass is 9.99. The zero-order chi connectivity index (χ0) is 28.4. The Morgan fingerprint density at radius 1 is 0.927 bits per heavy atom. The van der Waals surface area contributed by atoms with E-state index in [1.165, 1.54) is 0 Å². The molecule has 3 heterocycles. The van der Waals surface area contributed by atoms with E-state index in [1.54, 1.807) is 24.8 Å². The Kier molecular flexibility index (Phi) is 8.99. The Balaban J connectivity index is 1.30. The number of carbonyl (C=O) groups is 2. The molecule has 0 saturated carbocycles. The summed E-state index contributed by atoms with van der Waals surface area (Å²) in [5.41, 5.74) is 11.8. The Labute approximate surface area is 240 Å². The molecule has 1 fully saturated rings. The molecule has 1 saturated heterocycles. The van der Waals surface area contributed by atoms with E-state index in [0.717, 1.165) is 40.7 Å². The molecule has 41 heavy (non-hydrogen) atoms. The van der Waals surface area contributed by atoms with Crippen molar-refractivity contribution in [2.75, 3.05) is 25.0 Å². The second kappa shape index (κ2) is 13.4. The van der Waals surface area contributed by atoms with Crippen LogP contribution in [0.3, 0.4) is 0 Å². The van der Waals surface area contributed by atoms with Crippen LogP contribution in [0.25, 0.3) is 11.1 Å². The summed E-state index contributed by atoms with van der Waals surface area (Å²) in [6.07, 6.45) is 9.34. The standard InChI is InChI=1S/C33H32N6O2/c34-29-14-20-39(21-15-29)32(40)27-6-3-24(4-7-27)5-8-28-22-30(9-10-31(28)26-12-17-35-18-13-26)38-33(41)37-19-11-25-2-1-16-36-23-25/h1-4,6-7,9-10,12-13,16-18,22-23,29H,11,14-15,19-21,34H2,(H2,37,38,41). The average Bonchev–Trinajstić information content (AvgIpc) is 3.01. The molecule has 0 spiro atoms. The van der Waals surface area contributed by atoms with Crippen molar-refractivity contribution in [1.82, 2.24) is 20.2 Å². The van der Waals surface area contributed by atoms with Gasteiger partial charge in [0.05, 0.1) is 0 Å². The lowest BCUT2D eigenvalue weighted by molar-refractivity contribution is 0.0714. The third-order valence-electron chi connectivity index (χ3n) is 6.99. The highest BCUT2D eigenvalue weighted by Gasteiger charge is 2.21. The average molecular weight is 545 g/mol. The quantitative estimate of drug-likeness (QED) is 0.310. The number of hydrogen-bond donors (Lipinski definition) is 3. The molecule has 0 radical (unpaired) electrons. The number of nitrogens with two attached hydrogens (primary N) is 1. The van der Waals surface area contributed by atoms with Gasteiger partial charge in [-0.05, 0) is 90.6 Å². The maximum Gasteiger partial charge on any atom is 0.319 e. The molecule has 0 aliphatic carbocycles. The number of benzene rings is 2. The summed E-state index contributed by atoms with van der Waals surface area (Å²) in [5.74, 6) is 6.50. The van der Waals surface area contributed by atoms with Crippen molar-refractivity contribution in [1.29, 1.82) is 0 Å². The molecule has 8 heteroatoms. The Morgan fingerprint density at radius 2 is 1.71 bits per heavy atom. The second-order valence-corrected chi connectivity index (χ2v) is 9.95. The zero-order valence-corrected chi connectivity index (χ0v) is 22.7. The van der Waals surface area contributed by atoms with Gasteiger partial charge in [0.1, 0.15) is 0 Å². The van der Waals surface area contributed by atoms with Gasteiger partial charge in [0.2, 0.25) is 0 Å². The predicted molar refractivity (Wildman–Crippen MR) is 160 cm³/mol. The van der Waals surface area contributed by atoms with Crippen LogP contribution in [-0.2, 0) is 6.42 Å². The molecule has 4 N–H and O–H groups in total. The monoisotopic (exact) mass is 544 g/mol. The number of anilines is 1. The van der Waals surface area contributed by atoms with E-state index in [9.17, 15) is 9.59 Å². The van der Waals surface area contributed by atoms with Crippen LogP contribution in [0.15, 0.2) is 91.5 Å². The fourth-order valence-electron chi connectivity index (χ4n) is 4.67. The predicted octanol–water partition coefficient (Wildman–Crippen LogP) is 4.47. The first-order chi connectivity index (χ1) is 20.0. The smallest absolute Gasteiger partial charge is 0.319 e. The maximum atomic E-state index is 12.9. The van der Waals surface area contributed by atoms with E-state index in [-0.39, 0.29) is 18.0 Å². The van der Waals surface area contributed by atoms with Crippen molar-refractivity contribution in [3.05, 3.63) is 114 Å². The molecule has 2 aromatic heterocycles. The van der Waals surface area contributed by atoms with Gasteiger partial charge in [-0.3, -0.25) is 14.8 Å². The summed E-state index contributed by atoms with van der Waals surface area (Å²) in [5, 5.41) is 5.79. The first-order valence-corrected chi connectivity index (χ1v) is 13.7. The van der Waals surface area contributed by atoms with Gasteiger partial charge in [0.15, 0.2) is 0 Å². The number of piperidine rings is 1. The number of amides is 3. The van der Waals surface area contributed by atoms with Crippen LogP contribution < -0.4 is 16.4 Å². The van der Waals surface area contributed by atoms with Crippen LogP contribution in [0.2, 0.25) is 0 Å². The zero-order valence-electron chi connectivity index (χ0n) is 22.7. The summed E-state index contributed by atoms with van der Waals surface area (Å²) in [6, 6.07) is 20.6. The van der Waals surface area contributed by atoms with Crippen LogP contribution in [-0.4, -0.2) is 52.5 Å². The van der Waals surface area contributed by atoms with E-state index in [1.807, 2.05) is 71.6 Å². The van der Waals surface area contributed by atoms with Gasteiger partial charge in [-0.25, -0.2) is 4.79 Å². The topological polar surface area (TPSA) is 113 Å². The van der Waals surface area contributed by atoms with E-state index >= 15 is 0 Å². The minimum Gasteiger partial charge on any atom is -0.339 e. The van der Waals surface area contributed by atoms with Crippen LogP contribution >= 0.6 is 0 Å². The Morgan fingerprint density at radius 3 is 2.44 bits per heavy atom. The minimum atomic E-state index is -0.291. The number of nitrogens with zero attached hydrogens (tertiary/aromatic N) is 3. The highest BCUT2D eigenvalue weighted by atomic mass is 16.2. The molecule has 206 valence electrons. The number of urea groups is 1. The number of likely N-dealkylation sites (tertiary alicyclic amines) is 1. The summed E-state index contributed by atoms with van der Waals surface area (Å²) < 4.78 is 0. The van der Waals surface area contributed by atoms with E-state index in [2.05, 4.69) is 32.4 Å². The van der Waals surface area contributed by atoms with Gasteiger partial charge in [-0.1, -0.05) is 24.0 Å². The summed E-state index contributed by atoms with van der Waals surface area (Å²) in [4.78, 5) is 35.5. The van der Waals surface area contributed by atoms with Gasteiger partial charge in [0, 0.05) is 72.8 Å². The number of aromatic nitrogens is 2. The number of hydrogen-bond acceptors (Lipinski definition) is 5. The highest BCUT2D eigenvalue weighted by molar-refractivity contribution is 5.94. The first-order valence-electron chi connectivity index (χ1n) is 13.7. The van der Waals surface area contributed by atoms with Crippen molar-refractivity contribution in [2.24, 2.45) is 5.73 Å². The summed E-state index contributed by atoms with van der Waals surface area (Å²) >= 11 is 0. The molecule has 8 nitrogen and oxygen atoms in total. The molecule has 5 rings (SSSR count). The number of rotatable bonds is 6. The van der Waals surface area contributed by atoms with Crippen molar-refractivity contribution < 1.29 is 9.59 Å². The molecule has 0 bridgehead atoms. The van der Waals surface area contributed by atoms with Gasteiger partial charge >= 0.3 is 6.03 Å². The number of nitrogens with one attached hydrogen (secondary N) is 2. The summed E-state index contributed by atoms with van der Waals surface area (Å²) in [7, 11) is 0. The molecule has 3 amide bonds. The molecule has 1 aliphatic rings. The van der Waals surface area contributed by atoms with Crippen molar-refractivity contribution >= 4 is 17.6 Å². The fraction of sp³-hybridized carbons (Fsp3) is 0.212. The van der Waals surface area contributed by atoms with Gasteiger partial charge < -0.3 is 21.3 Å². The minimum absolute atomic E-state index is 0.0221. The van der Waals surface area contributed by atoms with Gasteiger partial charge in [0.25, 0.3) is 5.91 Å². The van der Waals surface area contributed by atoms with Crippen LogP contribution in [0.4, 0.5) is 10.5 Å². The van der Waals surface area contributed by atoms with E-state index < -0.39 is 0 Å². The van der Waals surface area contributed by atoms with Crippen molar-refractivity contribution in [2.45, 2.75) is 25.3 Å². The maximum absolute atomic E-state index is 12.9. The molecular weight excluding hydrogens is 512 g/mol.